The molecule has 108 valence electrons. The third-order valence-electron chi connectivity index (χ3n) is 3.58. The van der Waals surface area contributed by atoms with Crippen molar-refractivity contribution in [3.63, 3.8) is 0 Å². The highest BCUT2D eigenvalue weighted by Crippen LogP contribution is 2.12. The van der Waals surface area contributed by atoms with Gasteiger partial charge in [-0.15, -0.1) is 0 Å². The molecule has 2 heterocycles. The average Bonchev–Trinajstić information content (AvgIpc) is 2.88. The molecule has 2 N–H and O–H groups in total. The van der Waals surface area contributed by atoms with Crippen molar-refractivity contribution in [1.29, 1.82) is 0 Å². The lowest BCUT2D eigenvalue weighted by atomic mass is 10.0. The van der Waals surface area contributed by atoms with Crippen LogP contribution in [0.2, 0.25) is 0 Å². The maximum absolute atomic E-state index is 12.4. The molecule has 2 aromatic heterocycles. The number of pyridine rings is 1. The first-order valence-corrected chi connectivity index (χ1v) is 7.11. The summed E-state index contributed by atoms with van der Waals surface area (Å²) in [7, 11) is 0. The summed E-state index contributed by atoms with van der Waals surface area (Å²) < 4.78 is 1.96. The van der Waals surface area contributed by atoms with Gasteiger partial charge in [-0.1, -0.05) is 6.07 Å². The van der Waals surface area contributed by atoms with E-state index in [0.717, 1.165) is 24.4 Å². The Bertz CT molecular complexity index is 541. The van der Waals surface area contributed by atoms with Gasteiger partial charge >= 0.3 is 0 Å². The van der Waals surface area contributed by atoms with Gasteiger partial charge in [0, 0.05) is 38.4 Å². The van der Waals surface area contributed by atoms with Crippen LogP contribution in [0.1, 0.15) is 19.5 Å². The number of rotatable bonds is 6. The Morgan fingerprint density at radius 2 is 2.15 bits per heavy atom. The number of nitrogens with zero attached hydrogens (tertiary/aromatic N) is 3. The predicted molar refractivity (Wildman–Crippen MR) is 79.4 cm³/mol. The second-order valence-electron chi connectivity index (χ2n) is 4.85. The summed E-state index contributed by atoms with van der Waals surface area (Å²) in [6.07, 6.45) is 4.51. The summed E-state index contributed by atoms with van der Waals surface area (Å²) in [4.78, 5) is 18.7. The van der Waals surface area contributed by atoms with Crippen LogP contribution in [0.25, 0.3) is 5.65 Å². The molecule has 0 radical (unpaired) electrons. The molecule has 0 aromatic carbocycles. The Morgan fingerprint density at radius 1 is 1.40 bits per heavy atom. The van der Waals surface area contributed by atoms with Crippen LogP contribution in [0, 0.1) is 5.92 Å². The van der Waals surface area contributed by atoms with E-state index in [-0.39, 0.29) is 11.8 Å². The van der Waals surface area contributed by atoms with E-state index in [9.17, 15) is 4.79 Å². The summed E-state index contributed by atoms with van der Waals surface area (Å²) in [6.45, 7) is 5.76. The lowest BCUT2D eigenvalue weighted by molar-refractivity contribution is -0.134. The minimum atomic E-state index is -0.195. The molecule has 0 aliphatic heterocycles. The number of carbonyl (C=O) groups excluding carboxylic acids is 1. The zero-order valence-electron chi connectivity index (χ0n) is 12.1. The summed E-state index contributed by atoms with van der Waals surface area (Å²) in [6, 6.07) is 5.86. The topological polar surface area (TPSA) is 63.6 Å². The van der Waals surface area contributed by atoms with E-state index in [1.54, 1.807) is 0 Å². The highest BCUT2D eigenvalue weighted by molar-refractivity contribution is 5.79. The fraction of sp³-hybridized carbons (Fsp3) is 0.467. The van der Waals surface area contributed by atoms with Gasteiger partial charge in [0.05, 0.1) is 11.6 Å². The smallest absolute Gasteiger partial charge is 0.227 e. The van der Waals surface area contributed by atoms with Crippen molar-refractivity contribution in [3.05, 3.63) is 36.3 Å². The van der Waals surface area contributed by atoms with Gasteiger partial charge in [-0.2, -0.15) is 0 Å². The van der Waals surface area contributed by atoms with Crippen LogP contribution < -0.4 is 5.73 Å². The Kier molecular flexibility index (Phi) is 4.74. The molecule has 1 atom stereocenters. The minimum absolute atomic E-state index is 0.120. The molecule has 0 aliphatic carbocycles. The quantitative estimate of drug-likeness (QED) is 0.864. The number of amides is 1. The third kappa shape index (κ3) is 2.99. The normalized spacial score (nSPS) is 12.6. The Morgan fingerprint density at radius 3 is 2.75 bits per heavy atom. The number of nitrogens with two attached hydrogens (primary N) is 1. The summed E-state index contributed by atoms with van der Waals surface area (Å²) in [5.41, 5.74) is 7.59. The van der Waals surface area contributed by atoms with E-state index in [4.69, 9.17) is 5.73 Å². The summed E-state index contributed by atoms with van der Waals surface area (Å²) in [5, 5.41) is 0. The molecule has 0 spiro atoms. The minimum Gasteiger partial charge on any atom is -0.343 e. The van der Waals surface area contributed by atoms with Crippen LogP contribution in [0.4, 0.5) is 0 Å². The number of aromatic nitrogens is 2. The van der Waals surface area contributed by atoms with Crippen LogP contribution >= 0.6 is 0 Å². The van der Waals surface area contributed by atoms with Crippen LogP contribution in [0.5, 0.6) is 0 Å². The van der Waals surface area contributed by atoms with Gasteiger partial charge in [0.15, 0.2) is 0 Å². The largest absolute Gasteiger partial charge is 0.343 e. The second-order valence-corrected chi connectivity index (χ2v) is 4.85. The van der Waals surface area contributed by atoms with Crippen molar-refractivity contribution in [2.24, 2.45) is 11.7 Å². The predicted octanol–water partition coefficient (Wildman–Crippen LogP) is 1.32. The molecule has 20 heavy (non-hydrogen) atoms. The zero-order valence-corrected chi connectivity index (χ0v) is 12.1. The monoisotopic (exact) mass is 274 g/mol. The fourth-order valence-electron chi connectivity index (χ4n) is 2.40. The molecule has 0 fully saturated rings. The molecule has 0 saturated heterocycles. The molecule has 0 saturated carbocycles. The Balaban J connectivity index is 2.15. The van der Waals surface area contributed by atoms with Gasteiger partial charge in [-0.25, -0.2) is 4.98 Å². The number of hydrogen-bond donors (Lipinski definition) is 1. The molecule has 5 heteroatoms. The maximum atomic E-state index is 12.4. The van der Waals surface area contributed by atoms with Gasteiger partial charge in [-0.05, 0) is 26.0 Å². The van der Waals surface area contributed by atoms with Crippen molar-refractivity contribution in [3.8, 4) is 0 Å². The molecule has 2 rings (SSSR count). The SMILES string of the molecule is CCN(CC)C(=O)C(CN)Cc1cn2ccccc2n1. The number of hydrogen-bond acceptors (Lipinski definition) is 3. The highest BCUT2D eigenvalue weighted by Gasteiger charge is 2.22. The summed E-state index contributed by atoms with van der Waals surface area (Å²) in [5.74, 6) is -0.0747. The van der Waals surface area contributed by atoms with Gasteiger partial charge in [-0.3, -0.25) is 4.79 Å². The fourth-order valence-corrected chi connectivity index (χ4v) is 2.40. The van der Waals surface area contributed by atoms with Gasteiger partial charge in [0.1, 0.15) is 5.65 Å². The van der Waals surface area contributed by atoms with E-state index in [1.165, 1.54) is 0 Å². The Hall–Kier alpha value is -1.88. The van der Waals surface area contributed by atoms with Crippen molar-refractivity contribution >= 4 is 11.6 Å². The molecule has 2 aromatic rings. The standard InChI is InChI=1S/C15H22N4O/c1-3-18(4-2)15(20)12(10-16)9-13-11-19-8-6-5-7-14(19)17-13/h5-8,11-12H,3-4,9-10,16H2,1-2H3. The molecular formula is C15H22N4O. The highest BCUT2D eigenvalue weighted by atomic mass is 16.2. The molecule has 0 bridgehead atoms. The average molecular weight is 274 g/mol. The molecule has 5 nitrogen and oxygen atoms in total. The first-order valence-electron chi connectivity index (χ1n) is 7.11. The van der Waals surface area contributed by atoms with E-state index in [2.05, 4.69) is 4.98 Å². The van der Waals surface area contributed by atoms with Crippen LogP contribution in [0.15, 0.2) is 30.6 Å². The van der Waals surface area contributed by atoms with Crippen molar-refractivity contribution < 1.29 is 4.79 Å². The van der Waals surface area contributed by atoms with Gasteiger partial charge < -0.3 is 15.0 Å². The molecule has 1 unspecified atom stereocenters. The second kappa shape index (κ2) is 6.52. The number of imidazole rings is 1. The van der Waals surface area contributed by atoms with Crippen LogP contribution in [0.3, 0.4) is 0 Å². The zero-order chi connectivity index (χ0) is 14.5. The van der Waals surface area contributed by atoms with Crippen molar-refractivity contribution in [2.45, 2.75) is 20.3 Å². The molecule has 1 amide bonds. The molecule has 0 aliphatic rings. The maximum Gasteiger partial charge on any atom is 0.227 e. The van der Waals surface area contributed by atoms with Crippen molar-refractivity contribution in [2.75, 3.05) is 19.6 Å². The molecular weight excluding hydrogens is 252 g/mol. The first kappa shape index (κ1) is 14.5. The first-order chi connectivity index (χ1) is 9.69. The van der Waals surface area contributed by atoms with Gasteiger partial charge in [0.25, 0.3) is 0 Å². The van der Waals surface area contributed by atoms with Crippen LogP contribution in [-0.2, 0) is 11.2 Å². The van der Waals surface area contributed by atoms with E-state index in [0.29, 0.717) is 13.0 Å². The number of fused-ring (bicyclic) bond motifs is 1. The summed E-state index contributed by atoms with van der Waals surface area (Å²) >= 11 is 0. The van der Waals surface area contributed by atoms with Crippen molar-refractivity contribution in [1.82, 2.24) is 14.3 Å². The Labute approximate surface area is 119 Å². The van der Waals surface area contributed by atoms with E-state index < -0.39 is 0 Å². The van der Waals surface area contributed by atoms with Crippen LogP contribution in [-0.4, -0.2) is 39.8 Å². The lowest BCUT2D eigenvalue weighted by Gasteiger charge is -2.23. The van der Waals surface area contributed by atoms with E-state index in [1.807, 2.05) is 53.7 Å². The third-order valence-corrected chi connectivity index (χ3v) is 3.58. The van der Waals surface area contributed by atoms with E-state index >= 15 is 0 Å². The van der Waals surface area contributed by atoms with Gasteiger partial charge in [0.2, 0.25) is 5.91 Å². The number of carbonyl (C=O) groups is 1. The lowest BCUT2D eigenvalue weighted by Crippen LogP contribution is -2.40.